The second-order valence-electron chi connectivity index (χ2n) is 11.2. The normalized spacial score (nSPS) is 13.7. The number of hydrogen-bond acceptors (Lipinski definition) is 1. The number of nitrogens with zero attached hydrogens (tertiary/aromatic N) is 2. The van der Waals surface area contributed by atoms with Gasteiger partial charge < -0.3 is 14.7 Å². The summed E-state index contributed by atoms with van der Waals surface area (Å²) in [5.41, 5.74) is 7.74. The largest absolute Gasteiger partial charge is 2.00 e. The minimum Gasteiger partial charge on any atom is -0.699 e. The molecule has 2 aromatic carbocycles. The van der Waals surface area contributed by atoms with E-state index in [2.05, 4.69) is 105 Å². The predicted octanol–water partition coefficient (Wildman–Crippen LogP) is 10.0. The predicted molar refractivity (Wildman–Crippen MR) is 159 cm³/mol. The third-order valence-corrected chi connectivity index (χ3v) is 7.82. The van der Waals surface area contributed by atoms with E-state index in [0.29, 0.717) is 23.7 Å². The van der Waals surface area contributed by atoms with Gasteiger partial charge in [-0.15, -0.1) is 32.9 Å². The average molecular weight is 568 g/mol. The van der Waals surface area contributed by atoms with Crippen LogP contribution in [-0.4, -0.2) is 67.1 Å². The number of ether oxygens (including phenoxy) is 1. The Labute approximate surface area is 254 Å². The molecule has 0 unspecified atom stereocenters. The van der Waals surface area contributed by atoms with Crippen LogP contribution in [0, 0.1) is 0 Å². The van der Waals surface area contributed by atoms with Gasteiger partial charge in [-0.1, -0.05) is 114 Å². The topological polar surface area (TPSA) is 37.4 Å². The van der Waals surface area contributed by atoms with Crippen molar-refractivity contribution in [3.63, 3.8) is 0 Å². The van der Waals surface area contributed by atoms with E-state index < -0.39 is 8.40 Å². The minimum absolute atomic E-state index is 0. The molecule has 0 radical (unpaired) electrons. The first-order valence-electron chi connectivity index (χ1n) is 13.2. The summed E-state index contributed by atoms with van der Waals surface area (Å²) < 4.78 is 4.94. The van der Waals surface area contributed by atoms with Crippen LogP contribution in [0.25, 0.3) is 9.96 Å². The molecule has 0 amide bonds. The van der Waals surface area contributed by atoms with Gasteiger partial charge in [-0.3, -0.25) is 0 Å². The van der Waals surface area contributed by atoms with Gasteiger partial charge in [0.1, 0.15) is 0 Å². The molecule has 1 aliphatic rings. The Balaban J connectivity index is 0.000000904. The van der Waals surface area contributed by atoms with Gasteiger partial charge in [-0.05, 0) is 36.5 Å². The first kappa shape index (κ1) is 32.7. The number of hydrogen-bond donors (Lipinski definition) is 0. The van der Waals surface area contributed by atoms with E-state index in [1.165, 1.54) is 46.5 Å². The molecule has 1 heterocycles. The van der Waals surface area contributed by atoms with Crippen molar-refractivity contribution in [2.24, 2.45) is 0 Å². The SMILES string of the molecule is C1CCOC1.CC(C)c1cccc(C(C)C)c1[N-][Si](C)(C)[N-]c1c(C(C)C)cccc1C(C)C.[Sr+2]. The van der Waals surface area contributed by atoms with Gasteiger partial charge in [0.05, 0.1) is 0 Å². The zero-order valence-electron chi connectivity index (χ0n) is 24.1. The molecule has 0 bridgehead atoms. The van der Waals surface area contributed by atoms with E-state index in [1.54, 1.807) is 0 Å². The molecule has 190 valence electrons. The maximum atomic E-state index is 5.40. The Morgan fingerprint density at radius 3 is 1.09 bits per heavy atom. The summed E-state index contributed by atoms with van der Waals surface area (Å²) in [7, 11) is -2.24. The molecule has 35 heavy (non-hydrogen) atoms. The van der Waals surface area contributed by atoms with Gasteiger partial charge >= 0.3 is 45.5 Å². The van der Waals surface area contributed by atoms with Crippen molar-refractivity contribution in [2.75, 3.05) is 13.2 Å². The zero-order chi connectivity index (χ0) is 25.5. The molecule has 5 heteroatoms. The molecule has 1 saturated heterocycles. The van der Waals surface area contributed by atoms with Crippen molar-refractivity contribution in [3.8, 4) is 0 Å². The maximum Gasteiger partial charge on any atom is 2.00 e. The van der Waals surface area contributed by atoms with Crippen LogP contribution in [0.3, 0.4) is 0 Å². The molecule has 2 aromatic rings. The fourth-order valence-corrected chi connectivity index (χ4v) is 6.03. The zero-order valence-corrected chi connectivity index (χ0v) is 28.6. The third-order valence-electron chi connectivity index (χ3n) is 6.28. The summed E-state index contributed by atoms with van der Waals surface area (Å²) in [5.74, 6) is 1.80. The molecule has 0 aliphatic carbocycles. The molecule has 0 N–H and O–H groups in total. The van der Waals surface area contributed by atoms with E-state index in [0.717, 1.165) is 13.2 Å². The molecular weight excluding hydrogens is 520 g/mol. The van der Waals surface area contributed by atoms with E-state index in [1.807, 2.05) is 0 Å². The van der Waals surface area contributed by atoms with Gasteiger partial charge in [0.25, 0.3) is 0 Å². The Morgan fingerprint density at radius 1 is 0.600 bits per heavy atom. The molecule has 1 aliphatic heterocycles. The van der Waals surface area contributed by atoms with E-state index >= 15 is 0 Å². The van der Waals surface area contributed by atoms with Crippen LogP contribution in [0.4, 0.5) is 11.4 Å². The first-order chi connectivity index (χ1) is 15.9. The van der Waals surface area contributed by atoms with Crippen LogP contribution in [0.1, 0.15) is 114 Å². The van der Waals surface area contributed by atoms with E-state index in [9.17, 15) is 0 Å². The summed E-state index contributed by atoms with van der Waals surface area (Å²) >= 11 is 0. The van der Waals surface area contributed by atoms with Crippen LogP contribution < -0.4 is 0 Å². The van der Waals surface area contributed by atoms with Crippen LogP contribution in [0.5, 0.6) is 0 Å². The summed E-state index contributed by atoms with van der Waals surface area (Å²) in [5, 5.41) is 0. The Hall–Kier alpha value is -0.303. The van der Waals surface area contributed by atoms with E-state index in [4.69, 9.17) is 14.7 Å². The van der Waals surface area contributed by atoms with Crippen LogP contribution >= 0.6 is 0 Å². The molecule has 1 fully saturated rings. The summed E-state index contributed by atoms with van der Waals surface area (Å²) in [6.07, 6.45) is 2.56. The van der Waals surface area contributed by atoms with Gasteiger partial charge in [-0.2, -0.15) is 0 Å². The van der Waals surface area contributed by atoms with Crippen molar-refractivity contribution in [1.82, 2.24) is 0 Å². The molecule has 3 rings (SSSR count). The second kappa shape index (κ2) is 15.2. The Bertz CT molecular complexity index is 778. The summed E-state index contributed by atoms with van der Waals surface area (Å²) in [4.78, 5) is 10.8. The van der Waals surface area contributed by atoms with Gasteiger partial charge in [0.15, 0.2) is 0 Å². The molecule has 0 atom stereocenters. The standard InChI is InChI=1S/C26H40N2Si.C4H8O.Sr/c1-17(2)21-13-11-14-22(18(3)4)25(21)27-29(9,10)28-26-23(19(5)6)15-12-16-24(26)20(7)8;1-2-4-5-3-1;/h11-20H,1-10H3;1-4H2;/q-2;;+2. The number of benzene rings is 2. The van der Waals surface area contributed by atoms with Crippen LogP contribution in [-0.2, 0) is 4.74 Å². The minimum atomic E-state index is -2.24. The fraction of sp³-hybridized carbons (Fsp3) is 0.600. The van der Waals surface area contributed by atoms with Gasteiger partial charge in [-0.25, -0.2) is 0 Å². The maximum absolute atomic E-state index is 5.40. The third kappa shape index (κ3) is 9.83. The monoisotopic (exact) mass is 568 g/mol. The van der Waals surface area contributed by atoms with E-state index in [-0.39, 0.29) is 45.5 Å². The van der Waals surface area contributed by atoms with Crippen LogP contribution in [0.2, 0.25) is 13.1 Å². The quantitative estimate of drug-likeness (QED) is 0.292. The first-order valence-corrected chi connectivity index (χ1v) is 16.1. The second-order valence-corrected chi connectivity index (χ2v) is 14.7. The summed E-state index contributed by atoms with van der Waals surface area (Å²) in [6.45, 7) is 24.6. The van der Waals surface area contributed by atoms with Gasteiger partial charge in [0.2, 0.25) is 0 Å². The molecule has 0 aromatic heterocycles. The van der Waals surface area contributed by atoms with Crippen molar-refractivity contribution < 1.29 is 4.74 Å². The average Bonchev–Trinajstić information content (AvgIpc) is 3.33. The van der Waals surface area contributed by atoms with Crippen LogP contribution in [0.15, 0.2) is 36.4 Å². The Kier molecular flexibility index (Phi) is 14.2. The molecule has 3 nitrogen and oxygen atoms in total. The van der Waals surface area contributed by atoms with Gasteiger partial charge in [0, 0.05) is 13.2 Å². The smallest absolute Gasteiger partial charge is 0.699 e. The molecule has 0 saturated carbocycles. The summed E-state index contributed by atoms with van der Waals surface area (Å²) in [6, 6.07) is 13.3. The van der Waals surface area contributed by atoms with Crippen molar-refractivity contribution in [2.45, 2.75) is 105 Å². The van der Waals surface area contributed by atoms with Crippen molar-refractivity contribution >= 4 is 65.3 Å². The van der Waals surface area contributed by atoms with Crippen molar-refractivity contribution in [3.05, 3.63) is 68.6 Å². The molecular formula is C30H48N2OSiSr. The van der Waals surface area contributed by atoms with Crippen molar-refractivity contribution in [1.29, 1.82) is 0 Å². The number of rotatable bonds is 8. The molecule has 0 spiro atoms. The fourth-order valence-electron chi connectivity index (χ4n) is 4.36. The Morgan fingerprint density at radius 2 is 0.886 bits per heavy atom.